The van der Waals surface area contributed by atoms with Crippen LogP contribution in [0.3, 0.4) is 0 Å². The summed E-state index contributed by atoms with van der Waals surface area (Å²) in [5, 5.41) is 8.54. The van der Waals surface area contributed by atoms with Crippen molar-refractivity contribution in [2.24, 2.45) is 5.92 Å². The van der Waals surface area contributed by atoms with Crippen molar-refractivity contribution in [1.29, 1.82) is 0 Å². The van der Waals surface area contributed by atoms with Crippen molar-refractivity contribution in [3.8, 4) is 11.1 Å². The van der Waals surface area contributed by atoms with Gasteiger partial charge in [-0.05, 0) is 94.5 Å². The number of fused-ring (bicyclic) bond motifs is 2. The Kier molecular flexibility index (Phi) is 12.7. The molecule has 3 aliphatic carbocycles. The fourth-order valence-electron chi connectivity index (χ4n) is 8.91. The molecular formula is C44H45ClF9N7O5S2. The molecule has 1 amide bonds. The smallest absolute Gasteiger partial charge is 0.346 e. The number of nitrogens with zero attached hydrogens (tertiary/aromatic N) is 5. The summed E-state index contributed by atoms with van der Waals surface area (Å²) >= 11 is 6.62. The highest BCUT2D eigenvalue weighted by molar-refractivity contribution is 7.93. The third-order valence-corrected chi connectivity index (χ3v) is 18.2. The van der Waals surface area contributed by atoms with Gasteiger partial charge in [-0.1, -0.05) is 37.6 Å². The van der Waals surface area contributed by atoms with E-state index >= 15 is 8.78 Å². The van der Waals surface area contributed by atoms with Crippen LogP contribution in [0, 0.1) is 17.6 Å². The Labute approximate surface area is 390 Å². The number of hydrogen-bond donors (Lipinski definition) is 2. The molecule has 3 atom stereocenters. The second kappa shape index (κ2) is 17.5. The number of alkyl halides is 7. The van der Waals surface area contributed by atoms with Gasteiger partial charge in [-0.2, -0.15) is 32.1 Å². The van der Waals surface area contributed by atoms with Gasteiger partial charge in [0.2, 0.25) is 15.9 Å². The maximum absolute atomic E-state index is 15.8. The van der Waals surface area contributed by atoms with Crippen LogP contribution in [0.15, 0.2) is 42.5 Å². The molecule has 3 heterocycles. The normalized spacial score (nSPS) is 19.2. The van der Waals surface area contributed by atoms with Crippen LogP contribution in [-0.2, 0) is 56.5 Å². The number of amides is 1. The summed E-state index contributed by atoms with van der Waals surface area (Å²) in [6.07, 6.45) is -7.20. The van der Waals surface area contributed by atoms with E-state index in [2.05, 4.69) is 20.2 Å². The van der Waals surface area contributed by atoms with E-state index in [1.54, 1.807) is 13.8 Å². The number of benzene rings is 2. The van der Waals surface area contributed by atoms with E-state index in [0.717, 1.165) is 12.1 Å². The molecule has 0 aliphatic heterocycles. The molecule has 2 fully saturated rings. The first-order valence-electron chi connectivity index (χ1n) is 21.6. The second-order valence-electron chi connectivity index (χ2n) is 18.4. The number of pyridine rings is 1. The molecule has 368 valence electrons. The number of aromatic nitrogens is 5. The minimum absolute atomic E-state index is 0.0136. The number of carbonyl (C=O) groups excluding carboxylic acids is 1. The van der Waals surface area contributed by atoms with Gasteiger partial charge in [0.1, 0.15) is 36.1 Å². The van der Waals surface area contributed by atoms with E-state index < -0.39 is 131 Å². The quantitative estimate of drug-likeness (QED) is 0.0872. The molecule has 0 saturated heterocycles. The summed E-state index contributed by atoms with van der Waals surface area (Å²) in [6, 6.07) is 6.24. The highest BCUT2D eigenvalue weighted by Gasteiger charge is 2.55. The van der Waals surface area contributed by atoms with E-state index in [0.29, 0.717) is 41.1 Å². The van der Waals surface area contributed by atoms with Crippen LogP contribution in [-0.4, -0.2) is 68.7 Å². The van der Waals surface area contributed by atoms with Crippen LogP contribution in [0.4, 0.5) is 45.3 Å². The molecule has 0 radical (unpaired) electrons. The van der Waals surface area contributed by atoms with Crippen molar-refractivity contribution in [3.05, 3.63) is 93.0 Å². The van der Waals surface area contributed by atoms with Gasteiger partial charge in [0, 0.05) is 34.4 Å². The molecule has 3 aliphatic rings. The zero-order valence-electron chi connectivity index (χ0n) is 36.7. The van der Waals surface area contributed by atoms with Crippen molar-refractivity contribution in [2.45, 2.75) is 131 Å². The van der Waals surface area contributed by atoms with Crippen LogP contribution < -0.4 is 10.0 Å². The van der Waals surface area contributed by atoms with Crippen molar-refractivity contribution in [3.63, 3.8) is 0 Å². The minimum Gasteiger partial charge on any atom is -0.346 e. The highest BCUT2D eigenvalue weighted by Crippen LogP contribution is 2.54. The zero-order chi connectivity index (χ0) is 49.6. The van der Waals surface area contributed by atoms with E-state index in [-0.39, 0.29) is 56.8 Å². The first-order chi connectivity index (χ1) is 31.6. The van der Waals surface area contributed by atoms with Gasteiger partial charge in [-0.25, -0.2) is 34.4 Å². The van der Waals surface area contributed by atoms with Crippen molar-refractivity contribution in [1.82, 2.24) is 29.9 Å². The molecule has 2 aromatic carbocycles. The van der Waals surface area contributed by atoms with Gasteiger partial charge in [0.05, 0.1) is 42.9 Å². The van der Waals surface area contributed by atoms with Crippen LogP contribution >= 0.6 is 11.6 Å². The van der Waals surface area contributed by atoms with E-state index in [9.17, 15) is 52.4 Å². The molecule has 0 unspecified atom stereocenters. The van der Waals surface area contributed by atoms with Crippen molar-refractivity contribution in [2.75, 3.05) is 4.72 Å². The van der Waals surface area contributed by atoms with Gasteiger partial charge >= 0.3 is 6.18 Å². The Morgan fingerprint density at radius 2 is 1.53 bits per heavy atom. The number of rotatable bonds is 17. The summed E-state index contributed by atoms with van der Waals surface area (Å²) in [5.41, 5.74) is -2.88. The fraction of sp³-hybridized carbons (Fsp3) is 0.500. The number of sulfone groups is 1. The van der Waals surface area contributed by atoms with E-state index in [1.165, 1.54) is 38.1 Å². The maximum Gasteiger partial charge on any atom is 0.408 e. The second-order valence-corrected chi connectivity index (χ2v) is 23.7. The Morgan fingerprint density at radius 3 is 2.13 bits per heavy atom. The van der Waals surface area contributed by atoms with Gasteiger partial charge < -0.3 is 5.32 Å². The molecule has 68 heavy (non-hydrogen) atoms. The van der Waals surface area contributed by atoms with Crippen LogP contribution in [0.2, 0.25) is 5.02 Å². The van der Waals surface area contributed by atoms with Gasteiger partial charge in [0.15, 0.2) is 15.7 Å². The number of carbonyl (C=O) groups is 1. The highest BCUT2D eigenvalue weighted by atomic mass is 35.5. The Bertz CT molecular complexity index is 3020. The average molecular weight is 1020 g/mol. The van der Waals surface area contributed by atoms with E-state index in [4.69, 9.17) is 16.6 Å². The molecule has 3 aromatic heterocycles. The number of hydrogen-bond acceptors (Lipinski definition) is 8. The molecule has 0 spiro atoms. The molecule has 2 N–H and O–H groups in total. The molecule has 0 bridgehead atoms. The number of aryl methyl sites for hydroxylation is 1. The first kappa shape index (κ1) is 49.5. The first-order valence-corrected chi connectivity index (χ1v) is 25.1. The summed E-state index contributed by atoms with van der Waals surface area (Å²) in [6.45, 7) is 2.77. The largest absolute Gasteiger partial charge is 0.408 e. The lowest BCUT2D eigenvalue weighted by Crippen LogP contribution is -2.36. The van der Waals surface area contributed by atoms with Crippen LogP contribution in [0.1, 0.15) is 112 Å². The number of sulfonamides is 1. The zero-order valence-corrected chi connectivity index (χ0v) is 39.1. The predicted molar refractivity (Wildman–Crippen MR) is 234 cm³/mol. The van der Waals surface area contributed by atoms with Gasteiger partial charge in [0.25, 0.3) is 12.3 Å². The van der Waals surface area contributed by atoms with Crippen LogP contribution in [0.5, 0.6) is 0 Å². The lowest BCUT2D eigenvalue weighted by Gasteiger charge is -2.26. The lowest BCUT2D eigenvalue weighted by molar-refractivity contribution is -0.141. The minimum atomic E-state index is -4.94. The summed E-state index contributed by atoms with van der Waals surface area (Å²) in [4.78, 5) is 19.1. The predicted octanol–water partition coefficient (Wildman–Crippen LogP) is 9.86. The third-order valence-electron chi connectivity index (χ3n) is 13.0. The third kappa shape index (κ3) is 9.54. The average Bonchev–Trinajstić information content (AvgIpc) is 4.17. The Balaban J connectivity index is 1.30. The number of nitrogens with one attached hydrogen (secondary N) is 2. The van der Waals surface area contributed by atoms with Crippen molar-refractivity contribution >= 4 is 54.1 Å². The standard InChI is InChI=1S/C44H45ClF9N7O5S2/c1-21-22(2)44(53,54)39-34(21)37(40(48)49)57-60(39)19-33(62)56-32(17-23-15-24(46)18-25(47)16-23)36-29(10-5-26(55-36)13-14-42(3,4)67(63,64)27-6-7-27)30-11-12-31(45)35-38(30)61(20-43(50,51)52)58-41(35)59-68(65,66)28-8-9-28/h5,10-12,15-16,18,21-22,27-28,32,40H,6-9,13-14,17,19-20H2,1-4H3,(H,56,62)(H,58,59)/t21-,22+,32-/m0/s1. The molecular weight excluding hydrogens is 977 g/mol. The molecule has 24 heteroatoms. The topological polar surface area (TPSA) is 158 Å². The summed E-state index contributed by atoms with van der Waals surface area (Å²) < 4.78 is 188. The Hall–Kier alpha value is -4.90. The molecule has 5 aromatic rings. The summed E-state index contributed by atoms with van der Waals surface area (Å²) in [7, 11) is -7.76. The number of halogens is 10. The molecule has 12 nitrogen and oxygen atoms in total. The van der Waals surface area contributed by atoms with Gasteiger partial charge in [-0.3, -0.25) is 23.9 Å². The fourth-order valence-corrected chi connectivity index (χ4v) is 12.5. The monoisotopic (exact) mass is 1020 g/mol. The van der Waals surface area contributed by atoms with Crippen LogP contribution in [0.25, 0.3) is 22.0 Å². The molecule has 8 rings (SSSR count). The Morgan fingerprint density at radius 1 is 0.897 bits per heavy atom. The lowest BCUT2D eigenvalue weighted by atomic mass is 9.93. The van der Waals surface area contributed by atoms with E-state index in [1.807, 2.05) is 0 Å². The maximum atomic E-state index is 15.8. The van der Waals surface area contributed by atoms with Gasteiger partial charge in [-0.15, -0.1) is 0 Å². The summed E-state index contributed by atoms with van der Waals surface area (Å²) in [5.74, 6) is -9.98. The SMILES string of the molecule is C[C@@H]1c2c(C(F)F)nn(CC(=O)N[C@@H](Cc3cc(F)cc(F)c3)c3nc(CCC(C)(C)S(=O)(=O)C4CC4)ccc3-c3ccc(Cl)c4c(NS(=O)(=O)C5CC5)nn(CC(F)(F)F)c34)c2C(F)(F)[C@@H]1C. The number of anilines is 1. The molecule has 2 saturated carbocycles. The van der Waals surface area contributed by atoms with Crippen molar-refractivity contribution < 1.29 is 61.1 Å².